The predicted molar refractivity (Wildman–Crippen MR) is 94.4 cm³/mol. The molecule has 132 valence electrons. The number of nitrogens with two attached hydrogens (primary N) is 1. The van der Waals surface area contributed by atoms with E-state index < -0.39 is 5.54 Å². The Morgan fingerprint density at radius 2 is 1.79 bits per heavy atom. The minimum Gasteiger partial charge on any atom is -0.381 e. The van der Waals surface area contributed by atoms with Gasteiger partial charge in [-0.05, 0) is 49.9 Å². The molecule has 2 heterocycles. The number of benzene rings is 1. The van der Waals surface area contributed by atoms with E-state index >= 15 is 0 Å². The van der Waals surface area contributed by atoms with E-state index in [2.05, 4.69) is 28.4 Å². The quantitative estimate of drug-likeness (QED) is 0.863. The Labute approximate surface area is 144 Å². The Kier molecular flexibility index (Phi) is 5.87. The highest BCUT2D eigenvalue weighted by molar-refractivity contribution is 5.86. The first kappa shape index (κ1) is 17.4. The molecule has 1 aromatic carbocycles. The Hall–Kier alpha value is -1.43. The third-order valence-electron chi connectivity index (χ3n) is 5.24. The smallest absolute Gasteiger partial charge is 0.240 e. The number of rotatable bonds is 5. The Balaban J connectivity index is 1.59. The van der Waals surface area contributed by atoms with E-state index in [1.807, 2.05) is 6.07 Å². The van der Waals surface area contributed by atoms with Gasteiger partial charge >= 0.3 is 0 Å². The van der Waals surface area contributed by atoms with Gasteiger partial charge in [0, 0.05) is 26.3 Å². The van der Waals surface area contributed by atoms with Crippen LogP contribution in [0.25, 0.3) is 0 Å². The largest absolute Gasteiger partial charge is 0.381 e. The Bertz CT molecular complexity index is 549. The molecule has 0 atom stereocenters. The summed E-state index contributed by atoms with van der Waals surface area (Å²) in [5, 5.41) is 3.05. The monoisotopic (exact) mass is 331 g/mol. The molecule has 0 spiro atoms. The number of nitrogens with zero attached hydrogens (tertiary/aromatic N) is 1. The van der Waals surface area contributed by atoms with Gasteiger partial charge in [-0.25, -0.2) is 0 Å². The summed E-state index contributed by atoms with van der Waals surface area (Å²) in [5.41, 5.74) is 7.97. The fourth-order valence-electron chi connectivity index (χ4n) is 3.56. The van der Waals surface area contributed by atoms with Gasteiger partial charge in [-0.15, -0.1) is 0 Å². The number of hydrogen-bond donors (Lipinski definition) is 2. The lowest BCUT2D eigenvalue weighted by Crippen LogP contribution is -2.56. The van der Waals surface area contributed by atoms with E-state index in [4.69, 9.17) is 10.5 Å². The van der Waals surface area contributed by atoms with E-state index in [1.165, 1.54) is 43.5 Å². The lowest BCUT2D eigenvalue weighted by atomic mass is 9.90. The van der Waals surface area contributed by atoms with Crippen LogP contribution in [0, 0.1) is 0 Å². The Morgan fingerprint density at radius 3 is 2.50 bits per heavy atom. The standard InChI is InChI=1S/C19H29N3O2/c20-19(8-12-24-13-9-19)18(23)21-14-16-6-2-3-7-17(16)15-22-10-4-1-5-11-22/h2-3,6-7H,1,4-5,8-15,20H2,(H,21,23). The predicted octanol–water partition coefficient (Wildman–Crippen LogP) is 1.80. The summed E-state index contributed by atoms with van der Waals surface area (Å²) in [6, 6.07) is 8.39. The van der Waals surface area contributed by atoms with Crippen LogP contribution < -0.4 is 11.1 Å². The molecular formula is C19H29N3O2. The van der Waals surface area contributed by atoms with Gasteiger partial charge < -0.3 is 15.8 Å². The third kappa shape index (κ3) is 4.35. The summed E-state index contributed by atoms with van der Waals surface area (Å²) in [5.74, 6) is -0.0569. The molecule has 0 radical (unpaired) electrons. The topological polar surface area (TPSA) is 67.6 Å². The van der Waals surface area contributed by atoms with Crippen molar-refractivity contribution in [2.45, 2.75) is 50.7 Å². The summed E-state index contributed by atoms with van der Waals surface area (Å²) in [4.78, 5) is 15.0. The molecule has 24 heavy (non-hydrogen) atoms. The maximum absolute atomic E-state index is 12.5. The maximum Gasteiger partial charge on any atom is 0.240 e. The first-order chi connectivity index (χ1) is 11.7. The van der Waals surface area contributed by atoms with Crippen molar-refractivity contribution in [3.8, 4) is 0 Å². The van der Waals surface area contributed by atoms with Crippen LogP contribution >= 0.6 is 0 Å². The first-order valence-electron chi connectivity index (χ1n) is 9.11. The fourth-order valence-corrected chi connectivity index (χ4v) is 3.56. The van der Waals surface area contributed by atoms with Gasteiger partial charge in [0.25, 0.3) is 0 Å². The molecule has 5 heteroatoms. The molecular weight excluding hydrogens is 302 g/mol. The zero-order valence-electron chi connectivity index (χ0n) is 14.4. The van der Waals surface area contributed by atoms with Crippen molar-refractivity contribution in [2.75, 3.05) is 26.3 Å². The van der Waals surface area contributed by atoms with Crippen molar-refractivity contribution in [1.29, 1.82) is 0 Å². The lowest BCUT2D eigenvalue weighted by Gasteiger charge is -2.32. The van der Waals surface area contributed by atoms with E-state index in [-0.39, 0.29) is 5.91 Å². The summed E-state index contributed by atoms with van der Waals surface area (Å²) < 4.78 is 5.32. The molecule has 2 fully saturated rings. The van der Waals surface area contributed by atoms with Crippen molar-refractivity contribution in [1.82, 2.24) is 10.2 Å². The maximum atomic E-state index is 12.5. The molecule has 2 saturated heterocycles. The number of carbonyl (C=O) groups excluding carboxylic acids is 1. The van der Waals surface area contributed by atoms with Crippen molar-refractivity contribution < 1.29 is 9.53 Å². The number of likely N-dealkylation sites (tertiary alicyclic amines) is 1. The highest BCUT2D eigenvalue weighted by atomic mass is 16.5. The Morgan fingerprint density at radius 1 is 1.12 bits per heavy atom. The molecule has 2 aliphatic heterocycles. The van der Waals surface area contributed by atoms with Crippen LogP contribution in [0.4, 0.5) is 0 Å². The van der Waals surface area contributed by atoms with Crippen LogP contribution in [0.5, 0.6) is 0 Å². The highest BCUT2D eigenvalue weighted by Crippen LogP contribution is 2.19. The molecule has 5 nitrogen and oxygen atoms in total. The summed E-state index contributed by atoms with van der Waals surface area (Å²) in [6.45, 7) is 4.99. The van der Waals surface area contributed by atoms with Gasteiger partial charge in [0.05, 0.1) is 5.54 Å². The van der Waals surface area contributed by atoms with Gasteiger partial charge in [0.1, 0.15) is 0 Å². The van der Waals surface area contributed by atoms with Crippen LogP contribution in [-0.2, 0) is 22.6 Å². The molecule has 1 aromatic rings. The van der Waals surface area contributed by atoms with Crippen molar-refractivity contribution in [3.05, 3.63) is 35.4 Å². The lowest BCUT2D eigenvalue weighted by molar-refractivity contribution is -0.129. The third-order valence-corrected chi connectivity index (χ3v) is 5.24. The molecule has 0 saturated carbocycles. The molecule has 0 unspecified atom stereocenters. The summed E-state index contributed by atoms with van der Waals surface area (Å²) in [7, 11) is 0. The van der Waals surface area contributed by atoms with E-state index in [0.29, 0.717) is 32.6 Å². The molecule has 0 aromatic heterocycles. The normalized spacial score (nSPS) is 21.4. The number of nitrogens with one attached hydrogen (secondary N) is 1. The number of amides is 1. The minimum absolute atomic E-state index is 0.0569. The summed E-state index contributed by atoms with van der Waals surface area (Å²) >= 11 is 0. The summed E-state index contributed by atoms with van der Waals surface area (Å²) in [6.07, 6.45) is 5.10. The average Bonchev–Trinajstić information content (AvgIpc) is 2.62. The van der Waals surface area contributed by atoms with Gasteiger partial charge in [-0.1, -0.05) is 30.7 Å². The van der Waals surface area contributed by atoms with Crippen LogP contribution in [0.3, 0.4) is 0 Å². The van der Waals surface area contributed by atoms with E-state index in [0.717, 1.165) is 6.54 Å². The fraction of sp³-hybridized carbons (Fsp3) is 0.632. The van der Waals surface area contributed by atoms with Crippen LogP contribution in [0.2, 0.25) is 0 Å². The second kappa shape index (κ2) is 8.10. The molecule has 0 aliphatic carbocycles. The SMILES string of the molecule is NC1(C(=O)NCc2ccccc2CN2CCCCC2)CCOCC1. The highest BCUT2D eigenvalue weighted by Gasteiger charge is 2.35. The van der Waals surface area contributed by atoms with Crippen molar-refractivity contribution in [3.63, 3.8) is 0 Å². The number of hydrogen-bond acceptors (Lipinski definition) is 4. The molecule has 1 amide bonds. The minimum atomic E-state index is -0.778. The van der Waals surface area contributed by atoms with Crippen LogP contribution in [-0.4, -0.2) is 42.6 Å². The zero-order chi connectivity index (χ0) is 16.8. The second-order valence-electron chi connectivity index (χ2n) is 7.06. The van der Waals surface area contributed by atoms with E-state index in [9.17, 15) is 4.79 Å². The number of ether oxygens (including phenoxy) is 1. The van der Waals surface area contributed by atoms with Gasteiger partial charge in [0.15, 0.2) is 0 Å². The van der Waals surface area contributed by atoms with Gasteiger partial charge in [-0.3, -0.25) is 9.69 Å². The molecule has 3 rings (SSSR count). The van der Waals surface area contributed by atoms with Crippen molar-refractivity contribution in [2.24, 2.45) is 5.73 Å². The zero-order valence-corrected chi connectivity index (χ0v) is 14.4. The van der Waals surface area contributed by atoms with Crippen LogP contribution in [0.1, 0.15) is 43.2 Å². The molecule has 2 aliphatic rings. The van der Waals surface area contributed by atoms with Gasteiger partial charge in [-0.2, -0.15) is 0 Å². The molecule has 0 bridgehead atoms. The first-order valence-corrected chi connectivity index (χ1v) is 9.11. The van der Waals surface area contributed by atoms with Crippen LogP contribution in [0.15, 0.2) is 24.3 Å². The second-order valence-corrected chi connectivity index (χ2v) is 7.06. The van der Waals surface area contributed by atoms with Gasteiger partial charge in [0.2, 0.25) is 5.91 Å². The average molecular weight is 331 g/mol. The van der Waals surface area contributed by atoms with E-state index in [1.54, 1.807) is 0 Å². The number of carbonyl (C=O) groups is 1. The number of piperidine rings is 1. The molecule has 3 N–H and O–H groups in total. The van der Waals surface area contributed by atoms with Crippen molar-refractivity contribution >= 4 is 5.91 Å².